The number of aryl methyl sites for hydroxylation is 5. The zero-order valence-corrected chi connectivity index (χ0v) is 58.4. The third kappa shape index (κ3) is 27.2. The molecule has 0 saturated carbocycles. The number of aromatic nitrogens is 14. The van der Waals surface area contributed by atoms with Crippen molar-refractivity contribution in [3.8, 4) is 0 Å². The van der Waals surface area contributed by atoms with Crippen LogP contribution in [0.25, 0.3) is 0 Å². The Morgan fingerprint density at radius 3 is 1.32 bits per heavy atom. The van der Waals surface area contributed by atoms with Gasteiger partial charge in [-0.1, -0.05) is 74.3 Å². The quantitative estimate of drug-likeness (QED) is 0.0177. The molecule has 0 unspecified atom stereocenters. The summed E-state index contributed by atoms with van der Waals surface area (Å²) in [6.07, 6.45) is 9.17. The summed E-state index contributed by atoms with van der Waals surface area (Å²) in [5.74, 6) is -0.521. The van der Waals surface area contributed by atoms with Gasteiger partial charge in [0.2, 0.25) is 45.1 Å². The second-order valence-electron chi connectivity index (χ2n) is 18.6. The van der Waals surface area contributed by atoms with Gasteiger partial charge in [0.25, 0.3) is 5.03 Å². The number of nitrogens with two attached hydrogens (primary N) is 1. The highest BCUT2D eigenvalue weighted by Crippen LogP contribution is 2.32. The van der Waals surface area contributed by atoms with E-state index in [1.165, 1.54) is 84.7 Å². The molecule has 5 radical (unpaired) electrons. The number of nitro groups is 4. The van der Waals surface area contributed by atoms with Crippen molar-refractivity contribution in [3.63, 3.8) is 0 Å². The molecule has 47 heteroatoms. The van der Waals surface area contributed by atoms with Gasteiger partial charge in [-0.3, -0.25) is 49.1 Å². The zero-order chi connectivity index (χ0) is 70.3. The molecule has 0 aliphatic heterocycles. The highest BCUT2D eigenvalue weighted by atomic mass is 35.5. The lowest BCUT2D eigenvalue weighted by molar-refractivity contribution is -0.424. The van der Waals surface area contributed by atoms with E-state index in [4.69, 9.17) is 63.7 Å². The van der Waals surface area contributed by atoms with Crippen LogP contribution in [0.1, 0.15) is 69.2 Å². The summed E-state index contributed by atoms with van der Waals surface area (Å²) in [6.45, 7) is 17.3. The van der Waals surface area contributed by atoms with Crippen molar-refractivity contribution in [3.05, 3.63) is 110 Å². The molecule has 0 aliphatic carbocycles. The molecule has 0 aliphatic rings. The van der Waals surface area contributed by atoms with E-state index in [-0.39, 0.29) is 53.7 Å². The fraction of sp³-hybridized carbons (Fsp3) is 0.465. The molecule has 0 amide bonds. The van der Waals surface area contributed by atoms with Gasteiger partial charge in [0.05, 0.1) is 71.5 Å². The first-order valence-electron chi connectivity index (χ1n) is 24.8. The Morgan fingerprint density at radius 1 is 0.556 bits per heavy atom. The Morgan fingerprint density at radius 2 is 0.922 bits per heavy atom. The minimum atomic E-state index is -3.71. The molecule has 7 rings (SSSR count). The minimum absolute atomic E-state index is 0.000873. The van der Waals surface area contributed by atoms with E-state index in [1.54, 1.807) is 48.8 Å². The van der Waals surface area contributed by atoms with Crippen LogP contribution in [-0.2, 0) is 64.8 Å². The van der Waals surface area contributed by atoms with Crippen LogP contribution < -0.4 is 11.1 Å². The Hall–Kier alpha value is -6.40. The first-order chi connectivity index (χ1) is 41.2. The fourth-order valence-electron chi connectivity index (χ4n) is 5.42. The lowest BCUT2D eigenvalue weighted by atomic mass is 9.40. The molecule has 90 heavy (non-hydrogen) atoms. The smallest absolute Gasteiger partial charge is 0.395 e. The van der Waals surface area contributed by atoms with Gasteiger partial charge in [0, 0.05) is 68.4 Å². The standard InChI is InChI=1S/C11H13Cl2N5O2S.C7H11N3O4S.C7H11N3O2S.C7H13N3O2S.C4HCl3N2.C4H4N4O4.C3H8S.B3/c1-6(2)21(19,20)10-8(5-18(3)17-10)15-9-7(12)4-14-11(13)16-9;1-5(2)15(13,14)7-6(10(11)12)4-9(3)8-7;1-5(2)13-7-6(10(11)12)4-9(3)8-7;1-5(2)13(11,12)7-6(8)4-10(3)9-7;5-2-1-8-4(7)9-3(2)6;1-6-2-3(7(9)10)4(5-6)8(11)12;1-3(2)4;1-3-2/h4-6H,1-3H3,(H,14,15,16);4-5H,1-3H3;4-5H,1-3H3;4-5H,8H2,1-3H3;1H;2H,1H3;3-4H,1-2H3;. The number of nitrogen functional groups attached to an aromatic ring is 1. The van der Waals surface area contributed by atoms with E-state index in [0.29, 0.717) is 20.5 Å². The van der Waals surface area contributed by atoms with Gasteiger partial charge in [-0.2, -0.15) is 42.7 Å². The third-order valence-corrected chi connectivity index (χ3v) is 17.9. The normalized spacial score (nSPS) is 10.9. The Labute approximate surface area is 555 Å². The fourth-order valence-corrected chi connectivity index (χ4v) is 10.2. The Kier molecular flexibility index (Phi) is 35.1. The zero-order valence-electron chi connectivity index (χ0n) is 50.5. The number of anilines is 3. The summed E-state index contributed by atoms with van der Waals surface area (Å²) in [4.78, 5) is 53.4. The molecule has 0 fully saturated rings. The second-order valence-corrected chi connectivity index (χ2v) is 30.3. The van der Waals surface area contributed by atoms with Gasteiger partial charge in [0.1, 0.15) is 23.6 Å². The van der Waals surface area contributed by atoms with E-state index in [1.807, 2.05) is 27.7 Å². The predicted molar refractivity (Wildman–Crippen MR) is 349 cm³/mol. The highest BCUT2D eigenvalue weighted by molar-refractivity contribution is 8.00. The second kappa shape index (κ2) is 37.8. The monoisotopic (exact) mass is 1450 g/mol. The maximum absolute atomic E-state index is 12.3. The predicted octanol–water partition coefficient (Wildman–Crippen LogP) is 7.82. The van der Waals surface area contributed by atoms with Crippen molar-refractivity contribution in [1.29, 1.82) is 0 Å². The summed E-state index contributed by atoms with van der Waals surface area (Å²) < 4.78 is 77.6. The first-order valence-corrected chi connectivity index (χ1v) is 32.7. The van der Waals surface area contributed by atoms with Crippen LogP contribution in [0, 0.1) is 40.5 Å². The molecule has 0 spiro atoms. The molecule has 0 atom stereocenters. The molecule has 7 heterocycles. The van der Waals surface area contributed by atoms with Crippen LogP contribution in [0.2, 0.25) is 25.8 Å². The molecule has 7 aromatic heterocycles. The van der Waals surface area contributed by atoms with Crippen molar-refractivity contribution in [2.24, 2.45) is 35.2 Å². The summed E-state index contributed by atoms with van der Waals surface area (Å²) in [6, 6.07) is 0. The molecule has 491 valence electrons. The minimum Gasteiger partial charge on any atom is -0.395 e. The number of rotatable bonds is 14. The molecule has 0 bridgehead atoms. The van der Waals surface area contributed by atoms with Crippen LogP contribution in [0.4, 0.5) is 40.1 Å². The lowest BCUT2D eigenvalue weighted by Crippen LogP contribution is -2.16. The van der Waals surface area contributed by atoms with Gasteiger partial charge in [-0.25, -0.2) is 40.2 Å². The SMILES string of the molecule is CC(C)S.CC(C)S(=O)(=O)c1nn(C)cc1N.CC(C)S(=O)(=O)c1nn(C)cc1Nc1nc(Cl)ncc1Cl.CC(C)S(=O)(=O)c1nn(C)cc1[N+](=O)[O-].CC(C)Sc1nn(C)cc1[N+](=O)[O-].Clc1ncc(Cl)c(Cl)n1.Cn1cc([N+](=O)[O-])c([N+](=O)[O-])n1.[B][B][B]. The van der Waals surface area contributed by atoms with Gasteiger partial charge >= 0.3 is 22.9 Å². The van der Waals surface area contributed by atoms with Gasteiger partial charge in [-0.05, 0) is 74.9 Å². The first kappa shape index (κ1) is 83.6. The third-order valence-electron chi connectivity index (χ3n) is 9.38. The Bertz CT molecular complexity index is 3860. The van der Waals surface area contributed by atoms with Crippen molar-refractivity contribution < 1.29 is 44.9 Å². The lowest BCUT2D eigenvalue weighted by Gasteiger charge is -2.09. The maximum atomic E-state index is 12.3. The molecule has 0 saturated heterocycles. The van der Waals surface area contributed by atoms with E-state index in [0.717, 1.165) is 28.8 Å². The number of nitrogens with one attached hydrogen (secondary N) is 1. The van der Waals surface area contributed by atoms with E-state index >= 15 is 0 Å². The van der Waals surface area contributed by atoms with Crippen molar-refractivity contribution in [2.75, 3.05) is 11.1 Å². The molecule has 3 N–H and O–H groups in total. The summed E-state index contributed by atoms with van der Waals surface area (Å²) in [5, 5.41) is 62.8. The number of sulfone groups is 3. The van der Waals surface area contributed by atoms with Crippen LogP contribution in [-0.4, -0.2) is 163 Å². The number of halogens is 5. The van der Waals surface area contributed by atoms with Crippen molar-refractivity contribution >= 4 is 175 Å². The van der Waals surface area contributed by atoms with Crippen LogP contribution in [0.3, 0.4) is 0 Å². The van der Waals surface area contributed by atoms with E-state index in [2.05, 4.69) is 78.8 Å². The number of thioether (sulfide) groups is 1. The number of nitrogens with zero attached hydrogens (tertiary/aromatic N) is 18. The number of hydrogen-bond acceptors (Lipinski definition) is 27. The summed E-state index contributed by atoms with van der Waals surface area (Å²) >= 11 is 33.3. The van der Waals surface area contributed by atoms with Crippen LogP contribution in [0.15, 0.2) is 63.5 Å². The van der Waals surface area contributed by atoms with Crippen LogP contribution >= 0.6 is 82.4 Å². The van der Waals surface area contributed by atoms with Crippen molar-refractivity contribution in [1.82, 2.24) is 68.8 Å². The largest absolute Gasteiger partial charge is 0.467 e. The van der Waals surface area contributed by atoms with Gasteiger partial charge < -0.3 is 21.2 Å². The highest BCUT2D eigenvalue weighted by Gasteiger charge is 2.33. The molecule has 7 aromatic rings. The number of hydrogen-bond donors (Lipinski definition) is 3. The molecular weight excluding hydrogens is 1390 g/mol. The van der Waals surface area contributed by atoms with Gasteiger partial charge in [0.15, 0.2) is 21.0 Å². The molecular formula is C43H61B3Cl5N20O14S5. The molecule has 0 aromatic carbocycles. The van der Waals surface area contributed by atoms with Crippen molar-refractivity contribution in [2.45, 2.75) is 116 Å². The maximum Gasteiger partial charge on any atom is 0.467 e. The summed E-state index contributed by atoms with van der Waals surface area (Å²) in [5.41, 5.74) is 5.00. The summed E-state index contributed by atoms with van der Waals surface area (Å²) in [7, 11) is 7.16. The average molecular weight is 1450 g/mol. The number of thiol groups is 1. The average Bonchev–Trinajstić information content (AvgIpc) is 1.68. The van der Waals surface area contributed by atoms with E-state index < -0.39 is 87.2 Å². The van der Waals surface area contributed by atoms with E-state index in [9.17, 15) is 65.7 Å². The molecule has 34 nitrogen and oxygen atoms in total. The van der Waals surface area contributed by atoms with Gasteiger partial charge in [-0.15, -0.1) is 0 Å². The topological polar surface area (TPSA) is 454 Å². The van der Waals surface area contributed by atoms with Crippen LogP contribution in [0.5, 0.6) is 0 Å². The Balaban J connectivity index is 0.00000105.